The van der Waals surface area contributed by atoms with E-state index in [-0.39, 0.29) is 35.1 Å². The van der Waals surface area contributed by atoms with E-state index in [1.54, 1.807) is 7.05 Å². The van der Waals surface area contributed by atoms with E-state index in [4.69, 9.17) is 0 Å². The highest BCUT2D eigenvalue weighted by molar-refractivity contribution is 14.0. The fraction of sp³-hybridized carbons (Fsp3) is 0.941. The van der Waals surface area contributed by atoms with Crippen molar-refractivity contribution in [1.82, 2.24) is 10.6 Å². The average molecular weight is 475 g/mol. The molecule has 0 bridgehead atoms. The molecule has 2 N–H and O–H groups in total. The summed E-state index contributed by atoms with van der Waals surface area (Å²) in [6, 6.07) is 0.374. The van der Waals surface area contributed by atoms with Crippen LogP contribution >= 0.6 is 24.0 Å². The SMILES string of the molecule is CN=C(NCC(C)(C)CCS(C)(=O)=O)NC(C)CCCC(C)C.I. The van der Waals surface area contributed by atoms with Crippen molar-refractivity contribution in [3.63, 3.8) is 0 Å². The van der Waals surface area contributed by atoms with Crippen LogP contribution in [-0.2, 0) is 9.84 Å². The second kappa shape index (κ2) is 12.3. The van der Waals surface area contributed by atoms with E-state index in [0.29, 0.717) is 19.0 Å². The fourth-order valence-electron chi connectivity index (χ4n) is 2.21. The number of nitrogens with zero attached hydrogens (tertiary/aromatic N) is 1. The van der Waals surface area contributed by atoms with E-state index in [1.165, 1.54) is 19.1 Å². The number of rotatable bonds is 10. The maximum atomic E-state index is 11.3. The Bertz CT molecular complexity index is 462. The molecule has 0 radical (unpaired) electrons. The topological polar surface area (TPSA) is 70.6 Å². The van der Waals surface area contributed by atoms with Crippen molar-refractivity contribution in [1.29, 1.82) is 0 Å². The lowest BCUT2D eigenvalue weighted by Crippen LogP contribution is -2.45. The van der Waals surface area contributed by atoms with Gasteiger partial charge in [-0.1, -0.05) is 40.5 Å². The summed E-state index contributed by atoms with van der Waals surface area (Å²) in [7, 11) is -1.15. The summed E-state index contributed by atoms with van der Waals surface area (Å²) >= 11 is 0. The molecule has 0 aliphatic rings. The summed E-state index contributed by atoms with van der Waals surface area (Å²) < 4.78 is 22.6. The molecule has 0 rings (SSSR count). The standard InChI is InChI=1S/C17H37N3O2S.HI/c1-14(2)9-8-10-15(3)20-16(18-6)19-13-17(4,5)11-12-23(7,21)22;/h14-15H,8-13H2,1-7H3,(H2,18,19,20);1H. The molecule has 0 spiro atoms. The summed E-state index contributed by atoms with van der Waals surface area (Å²) in [4.78, 5) is 4.26. The van der Waals surface area contributed by atoms with Gasteiger partial charge in [0.1, 0.15) is 9.84 Å². The molecule has 1 unspecified atom stereocenters. The van der Waals surface area contributed by atoms with Crippen LogP contribution < -0.4 is 10.6 Å². The van der Waals surface area contributed by atoms with Gasteiger partial charge >= 0.3 is 0 Å². The fourth-order valence-corrected chi connectivity index (χ4v) is 3.13. The first-order valence-corrected chi connectivity index (χ1v) is 10.7. The van der Waals surface area contributed by atoms with Crippen molar-refractivity contribution in [2.45, 2.75) is 66.3 Å². The molecule has 0 heterocycles. The number of aliphatic imine (C=N–C) groups is 1. The summed E-state index contributed by atoms with van der Waals surface area (Å²) in [5, 5.41) is 6.73. The van der Waals surface area contributed by atoms with E-state index in [2.05, 4.69) is 50.2 Å². The maximum Gasteiger partial charge on any atom is 0.191 e. The lowest BCUT2D eigenvalue weighted by molar-refractivity contribution is 0.347. The first kappa shape index (κ1) is 26.2. The molecule has 146 valence electrons. The normalized spacial score (nSPS) is 14.2. The Balaban J connectivity index is 0. The summed E-state index contributed by atoms with van der Waals surface area (Å²) in [6.45, 7) is 11.5. The van der Waals surface area contributed by atoms with Crippen LogP contribution in [0.15, 0.2) is 4.99 Å². The Morgan fingerprint density at radius 3 is 2.21 bits per heavy atom. The number of hydrogen-bond acceptors (Lipinski definition) is 3. The number of hydrogen-bond donors (Lipinski definition) is 2. The molecule has 0 aromatic rings. The molecular weight excluding hydrogens is 437 g/mol. The average Bonchev–Trinajstić information content (AvgIpc) is 2.40. The Labute approximate surface area is 166 Å². The van der Waals surface area contributed by atoms with Gasteiger partial charge in [0.15, 0.2) is 5.96 Å². The molecule has 0 fully saturated rings. The van der Waals surface area contributed by atoms with Crippen molar-refractivity contribution in [2.75, 3.05) is 25.6 Å². The minimum Gasteiger partial charge on any atom is -0.356 e. The quantitative estimate of drug-likeness (QED) is 0.289. The van der Waals surface area contributed by atoms with Crippen molar-refractivity contribution < 1.29 is 8.42 Å². The van der Waals surface area contributed by atoms with Crippen LogP contribution in [0.3, 0.4) is 0 Å². The second-order valence-corrected chi connectivity index (χ2v) is 10.1. The van der Waals surface area contributed by atoms with Gasteiger partial charge in [-0.05, 0) is 31.1 Å². The number of sulfone groups is 1. The minimum atomic E-state index is -2.91. The van der Waals surface area contributed by atoms with Gasteiger partial charge in [0.25, 0.3) is 0 Å². The first-order valence-electron chi connectivity index (χ1n) is 8.60. The molecule has 0 aromatic heterocycles. The molecule has 0 aliphatic carbocycles. The van der Waals surface area contributed by atoms with Crippen molar-refractivity contribution in [2.24, 2.45) is 16.3 Å². The molecule has 1 atom stereocenters. The first-order chi connectivity index (χ1) is 10.4. The van der Waals surface area contributed by atoms with Gasteiger partial charge in [-0.2, -0.15) is 0 Å². The van der Waals surface area contributed by atoms with Gasteiger partial charge < -0.3 is 10.6 Å². The minimum absolute atomic E-state index is 0. The van der Waals surface area contributed by atoms with E-state index in [0.717, 1.165) is 18.3 Å². The largest absolute Gasteiger partial charge is 0.356 e. The molecular formula is C17H38IN3O2S. The Morgan fingerprint density at radius 2 is 1.75 bits per heavy atom. The molecule has 7 heteroatoms. The predicted molar refractivity (Wildman–Crippen MR) is 116 cm³/mol. The Hall–Kier alpha value is -0.0500. The molecule has 0 saturated heterocycles. The zero-order valence-corrected chi connectivity index (χ0v) is 19.6. The van der Waals surface area contributed by atoms with Crippen molar-refractivity contribution in [3.05, 3.63) is 0 Å². The van der Waals surface area contributed by atoms with Crippen LogP contribution in [0.4, 0.5) is 0 Å². The van der Waals surface area contributed by atoms with Gasteiger partial charge in [-0.25, -0.2) is 8.42 Å². The third-order valence-electron chi connectivity index (χ3n) is 3.91. The zero-order chi connectivity index (χ0) is 18.1. The number of guanidine groups is 1. The van der Waals surface area contributed by atoms with Crippen LogP contribution in [0.1, 0.15) is 60.3 Å². The van der Waals surface area contributed by atoms with Crippen LogP contribution in [0.5, 0.6) is 0 Å². The second-order valence-electron chi connectivity index (χ2n) is 7.84. The molecule has 5 nitrogen and oxygen atoms in total. The molecule has 0 aromatic carbocycles. The van der Waals surface area contributed by atoms with Crippen LogP contribution in [-0.4, -0.2) is 46.0 Å². The monoisotopic (exact) mass is 475 g/mol. The Morgan fingerprint density at radius 1 is 1.17 bits per heavy atom. The maximum absolute atomic E-state index is 11.3. The lowest BCUT2D eigenvalue weighted by atomic mass is 9.90. The zero-order valence-electron chi connectivity index (χ0n) is 16.5. The molecule has 0 saturated carbocycles. The van der Waals surface area contributed by atoms with E-state index >= 15 is 0 Å². The summed E-state index contributed by atoms with van der Waals surface area (Å²) in [5.41, 5.74) is -0.0957. The highest BCUT2D eigenvalue weighted by Gasteiger charge is 2.20. The Kier molecular flexibility index (Phi) is 13.4. The summed E-state index contributed by atoms with van der Waals surface area (Å²) in [6.07, 6.45) is 5.51. The third kappa shape index (κ3) is 15.5. The highest BCUT2D eigenvalue weighted by Crippen LogP contribution is 2.19. The third-order valence-corrected chi connectivity index (χ3v) is 4.86. The lowest BCUT2D eigenvalue weighted by Gasteiger charge is -2.27. The summed E-state index contributed by atoms with van der Waals surface area (Å²) in [5.74, 6) is 1.75. The smallest absolute Gasteiger partial charge is 0.191 e. The van der Waals surface area contributed by atoms with Crippen LogP contribution in [0.2, 0.25) is 0 Å². The van der Waals surface area contributed by atoms with Crippen molar-refractivity contribution in [3.8, 4) is 0 Å². The number of nitrogens with one attached hydrogen (secondary N) is 2. The molecule has 0 amide bonds. The van der Waals surface area contributed by atoms with Gasteiger partial charge in [0, 0.05) is 25.9 Å². The van der Waals surface area contributed by atoms with Crippen LogP contribution in [0, 0.1) is 11.3 Å². The molecule has 0 aliphatic heterocycles. The van der Waals surface area contributed by atoms with Gasteiger partial charge in [-0.3, -0.25) is 4.99 Å². The molecule has 24 heavy (non-hydrogen) atoms. The van der Waals surface area contributed by atoms with E-state index in [9.17, 15) is 8.42 Å². The van der Waals surface area contributed by atoms with E-state index < -0.39 is 9.84 Å². The van der Waals surface area contributed by atoms with Gasteiger partial charge in [0.05, 0.1) is 5.75 Å². The number of halogens is 1. The van der Waals surface area contributed by atoms with E-state index in [1.807, 2.05) is 0 Å². The van der Waals surface area contributed by atoms with Gasteiger partial charge in [-0.15, -0.1) is 24.0 Å². The highest BCUT2D eigenvalue weighted by atomic mass is 127. The van der Waals surface area contributed by atoms with Crippen molar-refractivity contribution >= 4 is 39.8 Å². The van der Waals surface area contributed by atoms with Crippen LogP contribution in [0.25, 0.3) is 0 Å². The van der Waals surface area contributed by atoms with Gasteiger partial charge in [0.2, 0.25) is 0 Å². The predicted octanol–water partition coefficient (Wildman–Crippen LogP) is 3.45.